The van der Waals surface area contributed by atoms with E-state index in [1.54, 1.807) is 0 Å². The third-order valence-corrected chi connectivity index (χ3v) is 3.28. The van der Waals surface area contributed by atoms with Crippen molar-refractivity contribution in [2.75, 3.05) is 12.4 Å². The summed E-state index contributed by atoms with van der Waals surface area (Å²) in [5.41, 5.74) is -1.19. The lowest BCUT2D eigenvalue weighted by molar-refractivity contribution is -0.222. The van der Waals surface area contributed by atoms with Crippen molar-refractivity contribution in [2.24, 2.45) is 0 Å². The molecule has 0 aromatic heterocycles. The number of esters is 2. The first kappa shape index (κ1) is 18.6. The number of methoxy groups -OCH3 is 1. The number of halogens is 3. The second-order valence-corrected chi connectivity index (χ2v) is 5.75. The highest BCUT2D eigenvalue weighted by Gasteiger charge is 2.39. The van der Waals surface area contributed by atoms with Crippen molar-refractivity contribution in [2.45, 2.75) is 32.7 Å². The molecule has 1 fully saturated rings. The molecule has 0 atom stereocenters. The normalized spacial score (nSPS) is 16.8. The van der Waals surface area contributed by atoms with Gasteiger partial charge in [0.2, 0.25) is 0 Å². The quantitative estimate of drug-likeness (QED) is 0.508. The van der Waals surface area contributed by atoms with Crippen molar-refractivity contribution in [3.05, 3.63) is 35.0 Å². The summed E-state index contributed by atoms with van der Waals surface area (Å²) in [6.07, 6.45) is -3.69. The van der Waals surface area contributed by atoms with Crippen molar-refractivity contribution in [3.63, 3.8) is 0 Å². The van der Waals surface area contributed by atoms with Gasteiger partial charge in [0.05, 0.1) is 12.7 Å². The lowest BCUT2D eigenvalue weighted by Crippen LogP contribution is -2.42. The first-order valence-corrected chi connectivity index (χ1v) is 7.14. The van der Waals surface area contributed by atoms with Crippen molar-refractivity contribution < 1.29 is 37.0 Å². The number of carbonyl (C=O) groups is 2. The van der Waals surface area contributed by atoms with Gasteiger partial charge in [0, 0.05) is 25.7 Å². The number of carbonyl (C=O) groups excluding carboxylic acids is 2. The van der Waals surface area contributed by atoms with Crippen LogP contribution in [0.15, 0.2) is 23.9 Å². The van der Waals surface area contributed by atoms with Crippen LogP contribution in [-0.4, -0.2) is 24.8 Å². The number of cyclic esters (lactones) is 2. The van der Waals surface area contributed by atoms with E-state index in [4.69, 9.17) is 14.2 Å². The average Bonchev–Trinajstić information content (AvgIpc) is 2.43. The molecule has 0 aliphatic carbocycles. The molecule has 1 aromatic rings. The summed E-state index contributed by atoms with van der Waals surface area (Å²) in [4.78, 5) is 23.6. The molecule has 6 nitrogen and oxygen atoms in total. The number of benzene rings is 1. The lowest BCUT2D eigenvalue weighted by atomic mass is 10.1. The minimum absolute atomic E-state index is 0.0172. The SMILES string of the molecule is COc1c(C)cc(NC=C2C(=O)OC(C)(C)OC2=O)cc1C(F)(F)F. The van der Waals surface area contributed by atoms with Crippen LogP contribution >= 0.6 is 0 Å². The predicted molar refractivity (Wildman–Crippen MR) is 80.7 cm³/mol. The molecule has 9 heteroatoms. The lowest BCUT2D eigenvalue weighted by Gasteiger charge is -2.29. The predicted octanol–water partition coefficient (Wildman–Crippen LogP) is 3.15. The van der Waals surface area contributed by atoms with Crippen molar-refractivity contribution >= 4 is 17.6 Å². The summed E-state index contributed by atoms with van der Waals surface area (Å²) in [7, 11) is 1.14. The number of alkyl halides is 3. The van der Waals surface area contributed by atoms with E-state index in [1.807, 2.05) is 0 Å². The van der Waals surface area contributed by atoms with Gasteiger partial charge in [-0.15, -0.1) is 0 Å². The zero-order valence-corrected chi connectivity index (χ0v) is 13.9. The Morgan fingerprint density at radius 3 is 2.20 bits per heavy atom. The van der Waals surface area contributed by atoms with Crippen LogP contribution in [-0.2, 0) is 25.2 Å². The molecule has 25 heavy (non-hydrogen) atoms. The maximum absolute atomic E-state index is 13.1. The maximum Gasteiger partial charge on any atom is 0.420 e. The fraction of sp³-hybridized carbons (Fsp3) is 0.375. The Balaban J connectivity index is 2.34. The monoisotopic (exact) mass is 359 g/mol. The summed E-state index contributed by atoms with van der Waals surface area (Å²) in [6.45, 7) is 4.21. The van der Waals surface area contributed by atoms with Gasteiger partial charge >= 0.3 is 18.1 Å². The number of aryl methyl sites for hydroxylation is 1. The van der Waals surface area contributed by atoms with Crippen molar-refractivity contribution in [3.8, 4) is 5.75 Å². The molecule has 0 bridgehead atoms. The first-order chi connectivity index (χ1) is 11.4. The molecule has 0 spiro atoms. The van der Waals surface area contributed by atoms with E-state index in [0.717, 1.165) is 19.4 Å². The zero-order chi connectivity index (χ0) is 19.0. The maximum atomic E-state index is 13.1. The van der Waals surface area contributed by atoms with E-state index in [-0.39, 0.29) is 17.0 Å². The van der Waals surface area contributed by atoms with E-state index in [0.29, 0.717) is 0 Å². The van der Waals surface area contributed by atoms with Gasteiger partial charge in [-0.2, -0.15) is 13.2 Å². The Morgan fingerprint density at radius 1 is 1.16 bits per heavy atom. The molecule has 1 aliphatic rings. The van der Waals surface area contributed by atoms with Crippen LogP contribution in [0.1, 0.15) is 25.0 Å². The smallest absolute Gasteiger partial charge is 0.420 e. The molecule has 1 aliphatic heterocycles. The second kappa shape index (κ2) is 6.30. The largest absolute Gasteiger partial charge is 0.496 e. The molecule has 0 radical (unpaired) electrons. The van der Waals surface area contributed by atoms with Gasteiger partial charge in [-0.3, -0.25) is 0 Å². The molecular formula is C16H16F3NO5. The molecule has 0 amide bonds. The molecule has 2 rings (SSSR count). The third kappa shape index (κ3) is 4.04. The Kier molecular flexibility index (Phi) is 4.70. The minimum atomic E-state index is -4.63. The average molecular weight is 359 g/mol. The fourth-order valence-electron chi connectivity index (χ4n) is 2.27. The fourth-order valence-corrected chi connectivity index (χ4v) is 2.27. The first-order valence-electron chi connectivity index (χ1n) is 7.14. The van der Waals surface area contributed by atoms with Crippen LogP contribution in [0.3, 0.4) is 0 Å². The number of nitrogens with one attached hydrogen (secondary N) is 1. The van der Waals surface area contributed by atoms with E-state index < -0.39 is 35.0 Å². The molecule has 0 unspecified atom stereocenters. The summed E-state index contributed by atoms with van der Waals surface area (Å²) in [6, 6.07) is 2.20. The Bertz CT molecular complexity index is 731. The van der Waals surface area contributed by atoms with Gasteiger partial charge in [-0.25, -0.2) is 9.59 Å². The number of ether oxygens (including phenoxy) is 3. The van der Waals surface area contributed by atoms with Crippen LogP contribution in [0, 0.1) is 6.92 Å². The van der Waals surface area contributed by atoms with Gasteiger partial charge in [-0.05, 0) is 24.6 Å². The van der Waals surface area contributed by atoms with Crippen LogP contribution in [0.5, 0.6) is 5.75 Å². The Hall–Kier alpha value is -2.71. The Labute approximate surface area is 141 Å². The van der Waals surface area contributed by atoms with Crippen molar-refractivity contribution in [1.29, 1.82) is 0 Å². The molecule has 136 valence electrons. The van der Waals surface area contributed by atoms with Gasteiger partial charge in [0.25, 0.3) is 5.79 Å². The third-order valence-electron chi connectivity index (χ3n) is 3.28. The zero-order valence-electron chi connectivity index (χ0n) is 13.9. The molecular weight excluding hydrogens is 343 g/mol. The van der Waals surface area contributed by atoms with Crippen LogP contribution < -0.4 is 10.1 Å². The van der Waals surface area contributed by atoms with E-state index >= 15 is 0 Å². The van der Waals surface area contributed by atoms with Gasteiger partial charge in [-0.1, -0.05) is 0 Å². The van der Waals surface area contributed by atoms with Gasteiger partial charge in [0.1, 0.15) is 5.75 Å². The van der Waals surface area contributed by atoms with Crippen LogP contribution in [0.25, 0.3) is 0 Å². The van der Waals surface area contributed by atoms with E-state index in [2.05, 4.69) is 5.32 Å². The number of hydrogen-bond acceptors (Lipinski definition) is 6. The highest BCUT2D eigenvalue weighted by Crippen LogP contribution is 2.40. The second-order valence-electron chi connectivity index (χ2n) is 5.75. The topological polar surface area (TPSA) is 73.9 Å². The number of hydrogen-bond donors (Lipinski definition) is 1. The van der Waals surface area contributed by atoms with Gasteiger partial charge < -0.3 is 19.5 Å². The molecule has 0 saturated carbocycles. The summed E-state index contributed by atoms with van der Waals surface area (Å²) >= 11 is 0. The molecule has 1 aromatic carbocycles. The van der Waals surface area contributed by atoms with E-state index in [1.165, 1.54) is 26.8 Å². The van der Waals surface area contributed by atoms with E-state index in [9.17, 15) is 22.8 Å². The highest BCUT2D eigenvalue weighted by atomic mass is 19.4. The number of rotatable bonds is 3. The summed E-state index contributed by atoms with van der Waals surface area (Å²) < 4.78 is 54.0. The van der Waals surface area contributed by atoms with Gasteiger partial charge in [0.15, 0.2) is 5.57 Å². The standard InChI is InChI=1S/C16H16F3NO5/c1-8-5-9(6-11(12(8)23-4)16(17,18)19)20-7-10-13(21)24-15(2,3)25-14(10)22/h5-7,20H,1-4H3. The highest BCUT2D eigenvalue weighted by molar-refractivity contribution is 6.15. The minimum Gasteiger partial charge on any atom is -0.496 e. The van der Waals surface area contributed by atoms with Crippen LogP contribution in [0.4, 0.5) is 18.9 Å². The molecule has 1 saturated heterocycles. The Morgan fingerprint density at radius 2 is 1.72 bits per heavy atom. The number of anilines is 1. The summed E-state index contributed by atoms with van der Waals surface area (Å²) in [5, 5.41) is 2.49. The summed E-state index contributed by atoms with van der Waals surface area (Å²) in [5.74, 6) is -3.57. The van der Waals surface area contributed by atoms with Crippen molar-refractivity contribution in [1.82, 2.24) is 0 Å². The molecule has 1 N–H and O–H groups in total. The molecule has 1 heterocycles. The van der Waals surface area contributed by atoms with Crippen LogP contribution in [0.2, 0.25) is 0 Å².